The number of rotatable bonds is 3. The summed E-state index contributed by atoms with van der Waals surface area (Å²) in [6, 6.07) is 3.44. The number of ether oxygens (including phenoxy) is 1. The van der Waals surface area contributed by atoms with Crippen LogP contribution in [0.1, 0.15) is 11.9 Å². The number of guanidine groups is 1. The standard InChI is InChI=1S/C11H17N3O3.HI/c12-11(14-3-6-16-7-4-14)13-8-9(15)10-2-1-5-17-10;/h1-2,5,9,15H,3-4,6-8H2,(H2,12,13);1H. The molecule has 1 unspecified atom stereocenters. The van der Waals surface area contributed by atoms with Crippen LogP contribution in [-0.2, 0) is 4.74 Å². The van der Waals surface area contributed by atoms with Crippen LogP contribution in [0, 0.1) is 0 Å². The summed E-state index contributed by atoms with van der Waals surface area (Å²) in [4.78, 5) is 6.10. The molecule has 0 radical (unpaired) electrons. The van der Waals surface area contributed by atoms with Crippen LogP contribution in [0.5, 0.6) is 0 Å². The van der Waals surface area contributed by atoms with Crippen LogP contribution >= 0.6 is 24.0 Å². The van der Waals surface area contributed by atoms with Crippen molar-refractivity contribution in [2.24, 2.45) is 10.7 Å². The van der Waals surface area contributed by atoms with Gasteiger partial charge in [-0.05, 0) is 12.1 Å². The van der Waals surface area contributed by atoms with Crippen molar-refractivity contribution < 1.29 is 14.3 Å². The van der Waals surface area contributed by atoms with Crippen molar-refractivity contribution in [1.29, 1.82) is 0 Å². The van der Waals surface area contributed by atoms with Gasteiger partial charge in [-0.1, -0.05) is 0 Å². The van der Waals surface area contributed by atoms with Crippen molar-refractivity contribution >= 4 is 29.9 Å². The molecule has 3 N–H and O–H groups in total. The molecule has 1 fully saturated rings. The first kappa shape index (κ1) is 15.3. The van der Waals surface area contributed by atoms with E-state index in [-0.39, 0.29) is 30.5 Å². The number of nitrogens with zero attached hydrogens (tertiary/aromatic N) is 2. The molecule has 2 rings (SSSR count). The number of aliphatic hydroxyl groups is 1. The first-order valence-corrected chi connectivity index (χ1v) is 5.61. The number of furan rings is 1. The number of aliphatic imine (C=N–C) groups is 1. The van der Waals surface area contributed by atoms with Gasteiger partial charge in [0.05, 0.1) is 26.0 Å². The Labute approximate surface area is 123 Å². The fourth-order valence-electron chi connectivity index (χ4n) is 1.64. The van der Waals surface area contributed by atoms with Crippen LogP contribution in [0.25, 0.3) is 0 Å². The van der Waals surface area contributed by atoms with Crippen LogP contribution in [0.3, 0.4) is 0 Å². The SMILES string of the molecule is I.NC(=NCC(O)c1ccco1)N1CCOCC1. The van der Waals surface area contributed by atoms with Crippen molar-refractivity contribution in [1.82, 2.24) is 4.90 Å². The maximum Gasteiger partial charge on any atom is 0.191 e. The molecule has 0 amide bonds. The molecule has 0 bridgehead atoms. The summed E-state index contributed by atoms with van der Waals surface area (Å²) in [5.41, 5.74) is 5.83. The van der Waals surface area contributed by atoms with Crippen molar-refractivity contribution in [3.05, 3.63) is 24.2 Å². The van der Waals surface area contributed by atoms with Gasteiger partial charge >= 0.3 is 0 Å². The Kier molecular flexibility index (Phi) is 6.44. The van der Waals surface area contributed by atoms with Gasteiger partial charge in [0, 0.05) is 13.1 Å². The molecule has 0 aromatic carbocycles. The Balaban J connectivity index is 0.00000162. The molecule has 6 nitrogen and oxygen atoms in total. The summed E-state index contributed by atoms with van der Waals surface area (Å²) < 4.78 is 10.3. The van der Waals surface area contributed by atoms with Crippen molar-refractivity contribution in [2.45, 2.75) is 6.10 Å². The fourth-order valence-corrected chi connectivity index (χ4v) is 1.64. The lowest BCUT2D eigenvalue weighted by atomic mass is 10.3. The van der Waals surface area contributed by atoms with Gasteiger partial charge in [-0.2, -0.15) is 0 Å². The first-order valence-electron chi connectivity index (χ1n) is 5.61. The average Bonchev–Trinajstić information content (AvgIpc) is 2.90. The zero-order valence-electron chi connectivity index (χ0n) is 9.99. The third kappa shape index (κ3) is 4.14. The van der Waals surface area contributed by atoms with E-state index >= 15 is 0 Å². The van der Waals surface area contributed by atoms with Gasteiger partial charge in [-0.25, -0.2) is 0 Å². The molecule has 1 aliphatic rings. The first-order chi connectivity index (χ1) is 8.27. The van der Waals surface area contributed by atoms with Crippen LogP contribution in [0.15, 0.2) is 27.8 Å². The molecule has 0 saturated carbocycles. The van der Waals surface area contributed by atoms with E-state index in [1.807, 2.05) is 4.90 Å². The quantitative estimate of drug-likeness (QED) is 0.464. The number of nitrogens with two attached hydrogens (primary N) is 1. The van der Waals surface area contributed by atoms with E-state index in [2.05, 4.69) is 4.99 Å². The highest BCUT2D eigenvalue weighted by Gasteiger charge is 2.14. The minimum absolute atomic E-state index is 0. The van der Waals surface area contributed by atoms with Crippen molar-refractivity contribution in [2.75, 3.05) is 32.8 Å². The normalized spacial score (nSPS) is 18.3. The van der Waals surface area contributed by atoms with Crippen molar-refractivity contribution in [3.8, 4) is 0 Å². The highest BCUT2D eigenvalue weighted by atomic mass is 127. The molecule has 1 aliphatic heterocycles. The maximum absolute atomic E-state index is 9.76. The van der Waals surface area contributed by atoms with E-state index < -0.39 is 6.10 Å². The lowest BCUT2D eigenvalue weighted by molar-refractivity contribution is 0.0672. The van der Waals surface area contributed by atoms with E-state index in [4.69, 9.17) is 14.9 Å². The number of halogens is 1. The van der Waals surface area contributed by atoms with Crippen molar-refractivity contribution in [3.63, 3.8) is 0 Å². The second kappa shape index (κ2) is 7.59. The van der Waals surface area contributed by atoms with Gasteiger partial charge < -0.3 is 24.9 Å². The van der Waals surface area contributed by atoms with Crippen LogP contribution in [-0.4, -0.2) is 48.8 Å². The summed E-state index contributed by atoms with van der Waals surface area (Å²) >= 11 is 0. The second-order valence-electron chi connectivity index (χ2n) is 3.83. The van der Waals surface area contributed by atoms with Crippen LogP contribution < -0.4 is 5.73 Å². The van der Waals surface area contributed by atoms with E-state index in [0.717, 1.165) is 13.1 Å². The summed E-state index contributed by atoms with van der Waals surface area (Å²) in [5.74, 6) is 0.947. The summed E-state index contributed by atoms with van der Waals surface area (Å²) in [6.07, 6.45) is 0.776. The van der Waals surface area contributed by atoms with Gasteiger partial charge in [0.2, 0.25) is 0 Å². The topological polar surface area (TPSA) is 84.2 Å². The Bertz CT molecular complexity index is 364. The monoisotopic (exact) mass is 367 g/mol. The lowest BCUT2D eigenvalue weighted by Crippen LogP contribution is -2.45. The number of hydrogen-bond acceptors (Lipinski definition) is 4. The fraction of sp³-hybridized carbons (Fsp3) is 0.545. The molecular formula is C11H18IN3O3. The average molecular weight is 367 g/mol. The maximum atomic E-state index is 9.76. The zero-order valence-corrected chi connectivity index (χ0v) is 12.3. The predicted molar refractivity (Wildman–Crippen MR) is 78.0 cm³/mol. The molecule has 7 heteroatoms. The number of aliphatic hydroxyl groups excluding tert-OH is 1. The molecule has 1 saturated heterocycles. The smallest absolute Gasteiger partial charge is 0.191 e. The summed E-state index contributed by atoms with van der Waals surface area (Å²) in [5, 5.41) is 9.76. The Hall–Kier alpha value is -0.800. The minimum atomic E-state index is -0.746. The van der Waals surface area contributed by atoms with E-state index in [9.17, 15) is 5.11 Å². The molecule has 2 heterocycles. The van der Waals surface area contributed by atoms with Gasteiger partial charge in [-0.15, -0.1) is 24.0 Å². The molecule has 1 aromatic heterocycles. The highest BCUT2D eigenvalue weighted by Crippen LogP contribution is 2.13. The van der Waals surface area contributed by atoms with Gasteiger partial charge in [0.15, 0.2) is 5.96 Å². The molecule has 102 valence electrons. The molecule has 0 aliphatic carbocycles. The van der Waals surface area contributed by atoms with E-state index in [1.54, 1.807) is 12.1 Å². The molecule has 1 aromatic rings. The third-order valence-electron chi connectivity index (χ3n) is 2.63. The molecule has 0 spiro atoms. The van der Waals surface area contributed by atoms with E-state index in [0.29, 0.717) is 24.9 Å². The third-order valence-corrected chi connectivity index (χ3v) is 2.63. The second-order valence-corrected chi connectivity index (χ2v) is 3.83. The number of morpholine rings is 1. The molecule has 1 atom stereocenters. The lowest BCUT2D eigenvalue weighted by Gasteiger charge is -2.27. The predicted octanol–water partition coefficient (Wildman–Crippen LogP) is 0.578. The molecular weight excluding hydrogens is 349 g/mol. The molecule has 18 heavy (non-hydrogen) atoms. The minimum Gasteiger partial charge on any atom is -0.467 e. The van der Waals surface area contributed by atoms with Gasteiger partial charge in [0.1, 0.15) is 11.9 Å². The Morgan fingerprint density at radius 3 is 2.83 bits per heavy atom. The van der Waals surface area contributed by atoms with E-state index in [1.165, 1.54) is 6.26 Å². The Morgan fingerprint density at radius 1 is 1.50 bits per heavy atom. The zero-order chi connectivity index (χ0) is 12.1. The Morgan fingerprint density at radius 2 is 2.22 bits per heavy atom. The van der Waals surface area contributed by atoms with Gasteiger partial charge in [0.25, 0.3) is 0 Å². The largest absolute Gasteiger partial charge is 0.467 e. The van der Waals surface area contributed by atoms with Crippen LogP contribution in [0.2, 0.25) is 0 Å². The summed E-state index contributed by atoms with van der Waals surface area (Å²) in [6.45, 7) is 3.02. The van der Waals surface area contributed by atoms with Crippen LogP contribution in [0.4, 0.5) is 0 Å². The summed E-state index contributed by atoms with van der Waals surface area (Å²) in [7, 11) is 0. The van der Waals surface area contributed by atoms with Gasteiger partial charge in [-0.3, -0.25) is 4.99 Å². The highest BCUT2D eigenvalue weighted by molar-refractivity contribution is 14.0. The number of hydrogen-bond donors (Lipinski definition) is 2.